The van der Waals surface area contributed by atoms with Crippen molar-refractivity contribution in [2.45, 2.75) is 6.42 Å². The molecule has 3 rings (SSSR count). The van der Waals surface area contributed by atoms with Gasteiger partial charge in [0.15, 0.2) is 0 Å². The van der Waals surface area contributed by atoms with Crippen molar-refractivity contribution in [2.75, 3.05) is 31.9 Å². The number of halogens is 2. The molecule has 26 heavy (non-hydrogen) atoms. The lowest BCUT2D eigenvalue weighted by Crippen LogP contribution is -2.51. The third-order valence-electron chi connectivity index (χ3n) is 4.43. The molecule has 2 aromatic rings. The van der Waals surface area contributed by atoms with E-state index in [9.17, 15) is 9.59 Å². The van der Waals surface area contributed by atoms with Crippen LogP contribution in [0.5, 0.6) is 0 Å². The number of hydrogen-bond acceptors (Lipinski definition) is 3. The molecule has 1 aliphatic heterocycles. The van der Waals surface area contributed by atoms with E-state index in [2.05, 4.69) is 0 Å². The van der Waals surface area contributed by atoms with Gasteiger partial charge < -0.3 is 15.5 Å². The quantitative estimate of drug-likeness (QED) is 0.817. The zero-order valence-corrected chi connectivity index (χ0v) is 15.6. The number of benzene rings is 2. The van der Waals surface area contributed by atoms with Gasteiger partial charge in [-0.3, -0.25) is 9.59 Å². The molecule has 0 aromatic heterocycles. The zero-order valence-electron chi connectivity index (χ0n) is 14.1. The molecule has 5 nitrogen and oxygen atoms in total. The summed E-state index contributed by atoms with van der Waals surface area (Å²) in [4.78, 5) is 28.6. The topological polar surface area (TPSA) is 66.6 Å². The van der Waals surface area contributed by atoms with E-state index in [-0.39, 0.29) is 11.8 Å². The monoisotopic (exact) mass is 391 g/mol. The maximum Gasteiger partial charge on any atom is 0.257 e. The number of hydrogen-bond donors (Lipinski definition) is 1. The molecular formula is C19H19Cl2N3O2. The molecule has 1 aliphatic rings. The van der Waals surface area contributed by atoms with Crippen molar-refractivity contribution in [3.8, 4) is 0 Å². The van der Waals surface area contributed by atoms with E-state index < -0.39 is 0 Å². The van der Waals surface area contributed by atoms with Crippen LogP contribution in [0.15, 0.2) is 42.5 Å². The van der Waals surface area contributed by atoms with E-state index in [1.54, 1.807) is 40.1 Å². The second-order valence-corrected chi connectivity index (χ2v) is 7.00. The van der Waals surface area contributed by atoms with Crippen molar-refractivity contribution in [3.63, 3.8) is 0 Å². The molecule has 0 radical (unpaired) electrons. The number of nitrogens with zero attached hydrogens (tertiary/aromatic N) is 2. The van der Waals surface area contributed by atoms with E-state index in [0.717, 1.165) is 5.56 Å². The molecule has 1 heterocycles. The molecule has 7 heteroatoms. The number of carbonyl (C=O) groups excluding carboxylic acids is 2. The predicted octanol–water partition coefficient (Wildman–Crippen LogP) is 3.10. The van der Waals surface area contributed by atoms with Crippen LogP contribution in [0.4, 0.5) is 5.69 Å². The van der Waals surface area contributed by atoms with Crippen LogP contribution in [-0.4, -0.2) is 47.8 Å². The van der Waals surface area contributed by atoms with Crippen LogP contribution in [0.25, 0.3) is 0 Å². The van der Waals surface area contributed by atoms with Crippen molar-refractivity contribution < 1.29 is 9.59 Å². The Labute approximate surface area is 162 Å². The van der Waals surface area contributed by atoms with Crippen LogP contribution in [0, 0.1) is 0 Å². The smallest absolute Gasteiger partial charge is 0.257 e. The van der Waals surface area contributed by atoms with Gasteiger partial charge in [0.25, 0.3) is 5.91 Å². The molecular weight excluding hydrogens is 373 g/mol. The lowest BCUT2D eigenvalue weighted by molar-refractivity contribution is -0.131. The third-order valence-corrected chi connectivity index (χ3v) is 5.06. The molecule has 0 aliphatic carbocycles. The molecule has 0 saturated carbocycles. The fraction of sp³-hybridized carbons (Fsp3) is 0.263. The van der Waals surface area contributed by atoms with Crippen molar-refractivity contribution in [1.29, 1.82) is 0 Å². The first-order chi connectivity index (χ1) is 12.5. The molecule has 2 aromatic carbocycles. The summed E-state index contributed by atoms with van der Waals surface area (Å²) in [5, 5.41) is 0.675. The van der Waals surface area contributed by atoms with Gasteiger partial charge in [0, 0.05) is 31.9 Å². The highest BCUT2D eigenvalue weighted by atomic mass is 35.5. The van der Waals surface area contributed by atoms with E-state index in [1.807, 2.05) is 12.1 Å². The van der Waals surface area contributed by atoms with E-state index >= 15 is 0 Å². The fourth-order valence-electron chi connectivity index (χ4n) is 2.94. The SMILES string of the molecule is Nc1ccc(CC(=O)N2CCN(C(=O)c3c(Cl)cccc3Cl)CC2)cc1. The summed E-state index contributed by atoms with van der Waals surface area (Å²) in [6, 6.07) is 12.3. The molecule has 1 saturated heterocycles. The molecule has 2 N–H and O–H groups in total. The average Bonchev–Trinajstić information content (AvgIpc) is 2.63. The Morgan fingerprint density at radius 3 is 2.00 bits per heavy atom. The first kappa shape index (κ1) is 18.5. The van der Waals surface area contributed by atoms with E-state index in [4.69, 9.17) is 28.9 Å². The number of anilines is 1. The normalized spacial score (nSPS) is 14.4. The Morgan fingerprint density at radius 2 is 1.42 bits per heavy atom. The Balaban J connectivity index is 1.59. The van der Waals surface area contributed by atoms with Crippen LogP contribution < -0.4 is 5.73 Å². The van der Waals surface area contributed by atoms with Gasteiger partial charge >= 0.3 is 0 Å². The molecule has 1 fully saturated rings. The Hall–Kier alpha value is -2.24. The second-order valence-electron chi connectivity index (χ2n) is 6.19. The Kier molecular flexibility index (Phi) is 5.69. The highest BCUT2D eigenvalue weighted by Gasteiger charge is 2.27. The van der Waals surface area contributed by atoms with E-state index in [1.165, 1.54) is 0 Å². The number of piperazine rings is 1. The van der Waals surface area contributed by atoms with Crippen molar-refractivity contribution in [3.05, 3.63) is 63.6 Å². The highest BCUT2D eigenvalue weighted by Crippen LogP contribution is 2.26. The molecule has 136 valence electrons. The van der Waals surface area contributed by atoms with Crippen LogP contribution >= 0.6 is 23.2 Å². The second kappa shape index (κ2) is 7.98. The van der Waals surface area contributed by atoms with Crippen LogP contribution in [0.1, 0.15) is 15.9 Å². The highest BCUT2D eigenvalue weighted by molar-refractivity contribution is 6.39. The Morgan fingerprint density at radius 1 is 0.885 bits per heavy atom. The number of amides is 2. The van der Waals surface area contributed by atoms with Gasteiger partial charge in [-0.2, -0.15) is 0 Å². The first-order valence-electron chi connectivity index (χ1n) is 8.31. The molecule has 0 spiro atoms. The summed E-state index contributed by atoms with van der Waals surface area (Å²) < 4.78 is 0. The van der Waals surface area contributed by atoms with Crippen molar-refractivity contribution in [2.24, 2.45) is 0 Å². The summed E-state index contributed by atoms with van der Waals surface area (Å²) in [6.07, 6.45) is 0.324. The minimum absolute atomic E-state index is 0.0395. The molecule has 0 unspecified atom stereocenters. The van der Waals surface area contributed by atoms with Gasteiger partial charge in [0.2, 0.25) is 5.91 Å². The minimum atomic E-state index is -0.203. The lowest BCUT2D eigenvalue weighted by Gasteiger charge is -2.35. The standard InChI is InChI=1S/C19H19Cl2N3O2/c20-15-2-1-3-16(21)18(15)19(26)24-10-8-23(9-11-24)17(25)12-13-4-6-14(22)7-5-13/h1-7H,8-12,22H2. The lowest BCUT2D eigenvalue weighted by atomic mass is 10.1. The molecule has 0 bridgehead atoms. The maximum atomic E-state index is 12.7. The Bertz CT molecular complexity index is 796. The van der Waals surface area contributed by atoms with Crippen molar-refractivity contribution in [1.82, 2.24) is 9.80 Å². The minimum Gasteiger partial charge on any atom is -0.399 e. The van der Waals surface area contributed by atoms with Gasteiger partial charge in [-0.1, -0.05) is 41.4 Å². The van der Waals surface area contributed by atoms with Crippen LogP contribution in [-0.2, 0) is 11.2 Å². The van der Waals surface area contributed by atoms with Gasteiger partial charge in [-0.15, -0.1) is 0 Å². The van der Waals surface area contributed by atoms with Crippen LogP contribution in [0.3, 0.4) is 0 Å². The predicted molar refractivity (Wildman–Crippen MR) is 104 cm³/mol. The van der Waals surface area contributed by atoms with Gasteiger partial charge in [0.05, 0.1) is 22.0 Å². The third kappa shape index (κ3) is 4.11. The summed E-state index contributed by atoms with van der Waals surface area (Å²) in [7, 11) is 0. The van der Waals surface area contributed by atoms with Gasteiger partial charge in [-0.25, -0.2) is 0 Å². The zero-order chi connectivity index (χ0) is 18.7. The summed E-state index contributed by atoms with van der Waals surface area (Å²) in [6.45, 7) is 1.88. The number of rotatable bonds is 3. The number of nitrogens with two attached hydrogens (primary N) is 1. The molecule has 0 atom stereocenters. The van der Waals surface area contributed by atoms with E-state index in [0.29, 0.717) is 53.9 Å². The summed E-state index contributed by atoms with van der Waals surface area (Å²) >= 11 is 12.2. The maximum absolute atomic E-state index is 12.7. The first-order valence-corrected chi connectivity index (χ1v) is 9.07. The largest absolute Gasteiger partial charge is 0.399 e. The van der Waals surface area contributed by atoms with Crippen LogP contribution in [0.2, 0.25) is 10.0 Å². The summed E-state index contributed by atoms with van der Waals surface area (Å²) in [5.41, 5.74) is 7.57. The van der Waals surface area contributed by atoms with Gasteiger partial charge in [0.1, 0.15) is 0 Å². The molecule has 2 amide bonds. The average molecular weight is 392 g/mol. The number of nitrogen functional groups attached to an aromatic ring is 1. The van der Waals surface area contributed by atoms with Gasteiger partial charge in [-0.05, 0) is 29.8 Å². The van der Waals surface area contributed by atoms with Crippen molar-refractivity contribution >= 4 is 40.7 Å². The fourth-order valence-corrected chi connectivity index (χ4v) is 3.50. The summed E-state index contributed by atoms with van der Waals surface area (Å²) in [5.74, 6) is -0.163. The number of carbonyl (C=O) groups is 2.